The number of piperidine rings is 1. The van der Waals surface area contributed by atoms with Crippen molar-refractivity contribution in [1.82, 2.24) is 19.8 Å². The average Bonchev–Trinajstić information content (AvgIpc) is 2.65. The van der Waals surface area contributed by atoms with Crippen LogP contribution in [0.1, 0.15) is 24.3 Å². The lowest BCUT2D eigenvalue weighted by Gasteiger charge is -2.33. The number of amides is 1. The molecule has 0 aliphatic carbocycles. The Bertz CT molecular complexity index is 744. The van der Waals surface area contributed by atoms with Gasteiger partial charge in [-0.1, -0.05) is 30.3 Å². The van der Waals surface area contributed by atoms with E-state index in [-0.39, 0.29) is 12.5 Å². The predicted octanol–water partition coefficient (Wildman–Crippen LogP) is 1.24. The summed E-state index contributed by atoms with van der Waals surface area (Å²) in [4.78, 5) is 29.5. The molecule has 1 aromatic heterocycles. The van der Waals surface area contributed by atoms with Gasteiger partial charge in [0.1, 0.15) is 6.54 Å². The molecule has 1 aliphatic rings. The van der Waals surface area contributed by atoms with Gasteiger partial charge in [-0.25, -0.2) is 9.78 Å². The Morgan fingerprint density at radius 1 is 1.24 bits per heavy atom. The second-order valence-electron chi connectivity index (χ2n) is 6.43. The van der Waals surface area contributed by atoms with E-state index in [0.29, 0.717) is 12.5 Å². The molecule has 0 spiro atoms. The van der Waals surface area contributed by atoms with E-state index in [9.17, 15) is 9.59 Å². The van der Waals surface area contributed by atoms with Crippen molar-refractivity contribution in [3.05, 3.63) is 64.8 Å². The van der Waals surface area contributed by atoms with Gasteiger partial charge in [0.2, 0.25) is 5.91 Å². The largest absolute Gasteiger partial charge is 0.353 e. The van der Waals surface area contributed by atoms with Crippen LogP contribution >= 0.6 is 0 Å². The number of nitrogens with one attached hydrogen (secondary N) is 1. The molecule has 0 radical (unpaired) electrons. The summed E-state index contributed by atoms with van der Waals surface area (Å²) >= 11 is 0. The second kappa shape index (κ2) is 8.58. The molecule has 1 aromatic carbocycles. The van der Waals surface area contributed by atoms with Crippen LogP contribution in [0.5, 0.6) is 0 Å². The lowest BCUT2D eigenvalue weighted by Crippen LogP contribution is -2.41. The molecule has 6 heteroatoms. The van der Waals surface area contributed by atoms with Crippen LogP contribution in [0.4, 0.5) is 0 Å². The number of aromatic nitrogens is 2. The minimum Gasteiger partial charge on any atom is -0.353 e. The predicted molar refractivity (Wildman–Crippen MR) is 96.4 cm³/mol. The molecule has 2 aromatic rings. The first-order chi connectivity index (χ1) is 12.2. The Balaban J connectivity index is 1.43. The third-order valence-corrected chi connectivity index (χ3v) is 4.62. The van der Waals surface area contributed by atoms with Crippen LogP contribution in [0.2, 0.25) is 0 Å². The Labute approximate surface area is 147 Å². The Morgan fingerprint density at radius 3 is 2.88 bits per heavy atom. The number of hydrogen-bond acceptors (Lipinski definition) is 4. The molecular weight excluding hydrogens is 316 g/mol. The fourth-order valence-corrected chi connectivity index (χ4v) is 3.33. The highest BCUT2D eigenvalue weighted by atomic mass is 16.2. The SMILES string of the molecule is O=C(Cn1cccnc1=O)NCCN1CCC[C@H](c2ccccc2)C1. The van der Waals surface area contributed by atoms with Crippen LogP contribution in [-0.4, -0.2) is 46.5 Å². The molecule has 0 bridgehead atoms. The number of hydrogen-bond donors (Lipinski definition) is 1. The number of benzene rings is 1. The van der Waals surface area contributed by atoms with E-state index in [1.165, 1.54) is 29.2 Å². The van der Waals surface area contributed by atoms with Crippen LogP contribution in [0.3, 0.4) is 0 Å². The molecule has 3 rings (SSSR count). The van der Waals surface area contributed by atoms with E-state index in [0.717, 1.165) is 19.6 Å². The van der Waals surface area contributed by atoms with Crippen LogP contribution in [0.25, 0.3) is 0 Å². The van der Waals surface area contributed by atoms with Crippen molar-refractivity contribution in [1.29, 1.82) is 0 Å². The van der Waals surface area contributed by atoms with E-state index in [1.807, 2.05) is 6.07 Å². The first-order valence-corrected chi connectivity index (χ1v) is 8.78. The molecule has 6 nitrogen and oxygen atoms in total. The maximum absolute atomic E-state index is 12.0. The van der Waals surface area contributed by atoms with Crippen molar-refractivity contribution in [3.8, 4) is 0 Å². The number of likely N-dealkylation sites (tertiary alicyclic amines) is 1. The van der Waals surface area contributed by atoms with Crippen LogP contribution in [-0.2, 0) is 11.3 Å². The topological polar surface area (TPSA) is 67.2 Å². The fraction of sp³-hybridized carbons (Fsp3) is 0.421. The standard InChI is InChI=1S/C19H24N4O2/c24-18(15-23-12-5-9-21-19(23)25)20-10-13-22-11-4-8-17(14-22)16-6-2-1-3-7-16/h1-3,5-7,9,12,17H,4,8,10-11,13-15H2,(H,20,24)/t17-/m0/s1. The molecule has 25 heavy (non-hydrogen) atoms. The zero-order chi connectivity index (χ0) is 17.5. The summed E-state index contributed by atoms with van der Waals surface area (Å²) in [5.74, 6) is 0.409. The number of nitrogens with zero attached hydrogens (tertiary/aromatic N) is 3. The van der Waals surface area contributed by atoms with E-state index in [4.69, 9.17) is 0 Å². The van der Waals surface area contributed by atoms with Crippen molar-refractivity contribution in [2.75, 3.05) is 26.2 Å². The zero-order valence-corrected chi connectivity index (χ0v) is 14.3. The molecule has 0 saturated carbocycles. The van der Waals surface area contributed by atoms with Crippen molar-refractivity contribution < 1.29 is 4.79 Å². The van der Waals surface area contributed by atoms with Crippen LogP contribution < -0.4 is 11.0 Å². The van der Waals surface area contributed by atoms with Gasteiger partial charge in [-0.15, -0.1) is 0 Å². The minimum atomic E-state index is -0.403. The maximum atomic E-state index is 12.0. The quantitative estimate of drug-likeness (QED) is 0.859. The van der Waals surface area contributed by atoms with Gasteiger partial charge in [-0.05, 0) is 36.9 Å². The molecule has 0 unspecified atom stereocenters. The van der Waals surface area contributed by atoms with Crippen molar-refractivity contribution in [3.63, 3.8) is 0 Å². The smallest absolute Gasteiger partial charge is 0.347 e. The molecular formula is C19H24N4O2. The Kier molecular flexibility index (Phi) is 5.95. The molecule has 1 fully saturated rings. The first-order valence-electron chi connectivity index (χ1n) is 8.78. The van der Waals surface area contributed by atoms with Gasteiger partial charge in [0, 0.05) is 32.0 Å². The summed E-state index contributed by atoms with van der Waals surface area (Å²) < 4.78 is 1.31. The molecule has 1 saturated heterocycles. The lowest BCUT2D eigenvalue weighted by atomic mass is 9.91. The molecule has 1 atom stereocenters. The van der Waals surface area contributed by atoms with Gasteiger partial charge in [0.15, 0.2) is 0 Å². The van der Waals surface area contributed by atoms with E-state index >= 15 is 0 Å². The lowest BCUT2D eigenvalue weighted by molar-refractivity contribution is -0.121. The third-order valence-electron chi connectivity index (χ3n) is 4.62. The third kappa shape index (κ3) is 5.00. The Morgan fingerprint density at radius 2 is 2.08 bits per heavy atom. The molecule has 1 amide bonds. The van der Waals surface area contributed by atoms with E-state index < -0.39 is 5.69 Å². The highest BCUT2D eigenvalue weighted by Crippen LogP contribution is 2.26. The fourth-order valence-electron chi connectivity index (χ4n) is 3.33. The van der Waals surface area contributed by atoms with Crippen LogP contribution in [0.15, 0.2) is 53.6 Å². The van der Waals surface area contributed by atoms with Crippen molar-refractivity contribution in [2.24, 2.45) is 0 Å². The summed E-state index contributed by atoms with van der Waals surface area (Å²) in [6.45, 7) is 3.54. The van der Waals surface area contributed by atoms with Gasteiger partial charge >= 0.3 is 5.69 Å². The number of carbonyl (C=O) groups is 1. The molecule has 132 valence electrons. The summed E-state index contributed by atoms with van der Waals surface area (Å²) in [6, 6.07) is 12.3. The highest BCUT2D eigenvalue weighted by molar-refractivity contribution is 5.75. The maximum Gasteiger partial charge on any atom is 0.347 e. The summed E-state index contributed by atoms with van der Waals surface area (Å²) in [7, 11) is 0. The zero-order valence-electron chi connectivity index (χ0n) is 14.3. The van der Waals surface area contributed by atoms with E-state index in [2.05, 4.69) is 39.5 Å². The summed E-state index contributed by atoms with van der Waals surface area (Å²) in [5, 5.41) is 2.89. The molecule has 1 aliphatic heterocycles. The number of carbonyl (C=O) groups excluding carboxylic acids is 1. The number of rotatable bonds is 6. The molecule has 1 N–H and O–H groups in total. The monoisotopic (exact) mass is 340 g/mol. The second-order valence-corrected chi connectivity index (χ2v) is 6.43. The molecule has 2 heterocycles. The van der Waals surface area contributed by atoms with Gasteiger partial charge in [-0.2, -0.15) is 0 Å². The van der Waals surface area contributed by atoms with Crippen molar-refractivity contribution >= 4 is 5.91 Å². The van der Waals surface area contributed by atoms with Gasteiger partial charge in [0.05, 0.1) is 0 Å². The van der Waals surface area contributed by atoms with Crippen LogP contribution in [0, 0.1) is 0 Å². The Hall–Kier alpha value is -2.47. The summed E-state index contributed by atoms with van der Waals surface area (Å²) in [6.07, 6.45) is 5.40. The van der Waals surface area contributed by atoms with Crippen molar-refractivity contribution in [2.45, 2.75) is 25.3 Å². The first kappa shape index (κ1) is 17.4. The minimum absolute atomic E-state index is 0.0132. The summed E-state index contributed by atoms with van der Waals surface area (Å²) in [5.41, 5.74) is 0.992. The van der Waals surface area contributed by atoms with E-state index in [1.54, 1.807) is 12.3 Å². The van der Waals surface area contributed by atoms with Gasteiger partial charge < -0.3 is 10.2 Å². The van der Waals surface area contributed by atoms with Gasteiger partial charge in [-0.3, -0.25) is 9.36 Å². The normalized spacial score (nSPS) is 18.0. The highest BCUT2D eigenvalue weighted by Gasteiger charge is 2.20. The van der Waals surface area contributed by atoms with Gasteiger partial charge in [0.25, 0.3) is 0 Å². The average molecular weight is 340 g/mol.